The van der Waals surface area contributed by atoms with E-state index in [9.17, 15) is 4.39 Å². The topological polar surface area (TPSA) is 12.0 Å². The number of benzene rings is 1. The van der Waals surface area contributed by atoms with Crippen molar-refractivity contribution in [3.63, 3.8) is 0 Å². The third kappa shape index (κ3) is 2.33. The fourth-order valence-corrected chi connectivity index (χ4v) is 3.60. The van der Waals surface area contributed by atoms with Gasteiger partial charge in [0.05, 0.1) is 0 Å². The minimum Gasteiger partial charge on any atom is -0.317 e. The lowest BCUT2D eigenvalue weighted by atomic mass is 9.89. The van der Waals surface area contributed by atoms with Crippen LogP contribution in [-0.4, -0.2) is 13.1 Å². The second kappa shape index (κ2) is 5.21. The highest BCUT2D eigenvalue weighted by atomic mass is 32.1. The zero-order valence-electron chi connectivity index (χ0n) is 10.2. The highest BCUT2D eigenvalue weighted by Crippen LogP contribution is 2.37. The van der Waals surface area contributed by atoms with Crippen LogP contribution in [0.15, 0.2) is 35.7 Å². The van der Waals surface area contributed by atoms with E-state index in [1.807, 2.05) is 12.1 Å². The van der Waals surface area contributed by atoms with Gasteiger partial charge in [0.25, 0.3) is 0 Å². The van der Waals surface area contributed by atoms with Crippen molar-refractivity contribution < 1.29 is 4.39 Å². The monoisotopic (exact) mass is 261 g/mol. The summed E-state index contributed by atoms with van der Waals surface area (Å²) in [5.74, 6) is 0.483. The van der Waals surface area contributed by atoms with Gasteiger partial charge in [-0.25, -0.2) is 4.39 Å². The number of piperidine rings is 1. The Kier molecular flexibility index (Phi) is 3.43. The molecule has 0 unspecified atom stereocenters. The van der Waals surface area contributed by atoms with E-state index < -0.39 is 0 Å². The van der Waals surface area contributed by atoms with Gasteiger partial charge in [-0.15, -0.1) is 11.3 Å². The first kappa shape index (κ1) is 11.9. The van der Waals surface area contributed by atoms with Crippen molar-refractivity contribution >= 4 is 11.3 Å². The van der Waals surface area contributed by atoms with E-state index >= 15 is 0 Å². The van der Waals surface area contributed by atoms with E-state index in [2.05, 4.69) is 16.8 Å². The van der Waals surface area contributed by atoms with E-state index in [0.717, 1.165) is 18.7 Å². The molecule has 2 heterocycles. The van der Waals surface area contributed by atoms with Gasteiger partial charge < -0.3 is 5.32 Å². The van der Waals surface area contributed by atoms with Gasteiger partial charge in [0.1, 0.15) is 5.82 Å². The summed E-state index contributed by atoms with van der Waals surface area (Å²) in [7, 11) is 0. The second-order valence-electron chi connectivity index (χ2n) is 4.74. The Balaban J connectivity index is 1.93. The molecule has 1 aliphatic heterocycles. The van der Waals surface area contributed by atoms with Gasteiger partial charge in [0, 0.05) is 4.88 Å². The van der Waals surface area contributed by atoms with Gasteiger partial charge in [0.15, 0.2) is 0 Å². The predicted molar refractivity (Wildman–Crippen MR) is 74.6 cm³/mol. The summed E-state index contributed by atoms with van der Waals surface area (Å²) in [6.45, 7) is 2.20. The Morgan fingerprint density at radius 2 is 1.78 bits per heavy atom. The summed E-state index contributed by atoms with van der Waals surface area (Å²) >= 11 is 1.76. The highest BCUT2D eigenvalue weighted by Gasteiger charge is 2.19. The van der Waals surface area contributed by atoms with Gasteiger partial charge in [-0.1, -0.05) is 12.1 Å². The number of hydrogen-bond acceptors (Lipinski definition) is 2. The first-order valence-corrected chi connectivity index (χ1v) is 7.26. The van der Waals surface area contributed by atoms with Crippen molar-refractivity contribution in [1.82, 2.24) is 5.32 Å². The summed E-state index contributed by atoms with van der Waals surface area (Å²) < 4.78 is 13.0. The molecule has 1 nitrogen and oxygen atoms in total. The minimum atomic E-state index is -0.168. The third-order valence-corrected chi connectivity index (χ3v) is 4.56. The fourth-order valence-electron chi connectivity index (χ4n) is 2.61. The van der Waals surface area contributed by atoms with E-state index in [-0.39, 0.29) is 5.82 Å². The maximum Gasteiger partial charge on any atom is 0.123 e. The van der Waals surface area contributed by atoms with Crippen LogP contribution in [0.2, 0.25) is 0 Å². The lowest BCUT2D eigenvalue weighted by Gasteiger charge is -2.23. The van der Waals surface area contributed by atoms with Crippen LogP contribution in [0.25, 0.3) is 10.4 Å². The van der Waals surface area contributed by atoms with Crippen molar-refractivity contribution in [3.05, 3.63) is 47.1 Å². The Morgan fingerprint density at radius 1 is 1.06 bits per heavy atom. The van der Waals surface area contributed by atoms with Gasteiger partial charge in [-0.05, 0) is 66.6 Å². The highest BCUT2D eigenvalue weighted by molar-refractivity contribution is 7.13. The summed E-state index contributed by atoms with van der Waals surface area (Å²) in [4.78, 5) is 1.31. The molecule has 0 bridgehead atoms. The number of halogens is 1. The summed E-state index contributed by atoms with van der Waals surface area (Å²) in [5.41, 5.74) is 2.58. The zero-order chi connectivity index (χ0) is 12.4. The van der Waals surface area contributed by atoms with Crippen LogP contribution in [0.3, 0.4) is 0 Å². The molecular weight excluding hydrogens is 245 g/mol. The molecule has 3 heteroatoms. The molecule has 1 N–H and O–H groups in total. The summed E-state index contributed by atoms with van der Waals surface area (Å²) in [6, 6.07) is 9.08. The number of nitrogens with one attached hydrogen (secondary N) is 1. The van der Waals surface area contributed by atoms with Crippen molar-refractivity contribution in [2.24, 2.45) is 0 Å². The second-order valence-corrected chi connectivity index (χ2v) is 5.65. The third-order valence-electron chi connectivity index (χ3n) is 3.58. The SMILES string of the molecule is Fc1ccc(-c2sccc2C2CCNCC2)cc1. The molecule has 0 radical (unpaired) electrons. The van der Waals surface area contributed by atoms with Crippen LogP contribution < -0.4 is 5.32 Å². The molecule has 18 heavy (non-hydrogen) atoms. The molecule has 1 aromatic carbocycles. The van der Waals surface area contributed by atoms with E-state index in [1.165, 1.54) is 23.3 Å². The van der Waals surface area contributed by atoms with Gasteiger partial charge in [0.2, 0.25) is 0 Å². The summed E-state index contributed by atoms with van der Waals surface area (Å²) in [5, 5.41) is 5.55. The lowest BCUT2D eigenvalue weighted by molar-refractivity contribution is 0.462. The molecule has 1 fully saturated rings. The quantitative estimate of drug-likeness (QED) is 0.861. The Labute approximate surface area is 111 Å². The number of rotatable bonds is 2. The normalized spacial score (nSPS) is 16.9. The molecule has 0 amide bonds. The molecule has 0 atom stereocenters. The predicted octanol–water partition coefficient (Wildman–Crippen LogP) is 4.02. The fraction of sp³-hybridized carbons (Fsp3) is 0.333. The molecule has 1 saturated heterocycles. The zero-order valence-corrected chi connectivity index (χ0v) is 11.0. The standard InChI is InChI=1S/C15H16FNS/c16-13-3-1-12(2-4-13)15-14(7-10-18-15)11-5-8-17-9-6-11/h1-4,7,10-11,17H,5-6,8-9H2. The smallest absolute Gasteiger partial charge is 0.123 e. The average Bonchev–Trinajstić information content (AvgIpc) is 2.90. The Hall–Kier alpha value is -1.19. The Morgan fingerprint density at radius 3 is 2.50 bits per heavy atom. The maximum atomic E-state index is 13.0. The molecule has 0 saturated carbocycles. The van der Waals surface area contributed by atoms with Crippen molar-refractivity contribution in [3.8, 4) is 10.4 Å². The first-order valence-electron chi connectivity index (χ1n) is 6.38. The summed E-state index contributed by atoms with van der Waals surface area (Å²) in [6.07, 6.45) is 2.40. The van der Waals surface area contributed by atoms with Crippen LogP contribution in [0, 0.1) is 5.82 Å². The molecule has 0 spiro atoms. The van der Waals surface area contributed by atoms with Crippen LogP contribution >= 0.6 is 11.3 Å². The molecule has 94 valence electrons. The van der Waals surface area contributed by atoms with Gasteiger partial charge in [-0.3, -0.25) is 0 Å². The van der Waals surface area contributed by atoms with Crippen LogP contribution in [0.5, 0.6) is 0 Å². The maximum absolute atomic E-state index is 13.0. The average molecular weight is 261 g/mol. The molecular formula is C15H16FNS. The van der Waals surface area contributed by atoms with Crippen molar-refractivity contribution in [2.75, 3.05) is 13.1 Å². The largest absolute Gasteiger partial charge is 0.317 e. The number of thiophene rings is 1. The number of hydrogen-bond donors (Lipinski definition) is 1. The van der Waals surface area contributed by atoms with Crippen molar-refractivity contribution in [2.45, 2.75) is 18.8 Å². The van der Waals surface area contributed by atoms with Gasteiger partial charge >= 0.3 is 0 Å². The lowest BCUT2D eigenvalue weighted by Crippen LogP contribution is -2.26. The molecule has 3 rings (SSSR count). The van der Waals surface area contributed by atoms with Crippen LogP contribution in [0.1, 0.15) is 24.3 Å². The molecule has 1 aromatic heterocycles. The van der Waals surface area contributed by atoms with Crippen LogP contribution in [-0.2, 0) is 0 Å². The van der Waals surface area contributed by atoms with Crippen molar-refractivity contribution in [1.29, 1.82) is 0 Å². The van der Waals surface area contributed by atoms with Crippen LogP contribution in [0.4, 0.5) is 4.39 Å². The molecule has 0 aliphatic carbocycles. The van der Waals surface area contributed by atoms with E-state index in [0.29, 0.717) is 5.92 Å². The van der Waals surface area contributed by atoms with E-state index in [1.54, 1.807) is 23.5 Å². The van der Waals surface area contributed by atoms with Gasteiger partial charge in [-0.2, -0.15) is 0 Å². The molecule has 1 aliphatic rings. The molecule has 2 aromatic rings. The first-order chi connectivity index (χ1) is 8.84. The Bertz CT molecular complexity index is 512. The minimum absolute atomic E-state index is 0.168. The van der Waals surface area contributed by atoms with E-state index in [4.69, 9.17) is 0 Å².